The van der Waals surface area contributed by atoms with Gasteiger partial charge in [-0.2, -0.15) is 0 Å². The van der Waals surface area contributed by atoms with Crippen LogP contribution in [0.15, 0.2) is 41.8 Å². The van der Waals surface area contributed by atoms with Crippen LogP contribution in [0.2, 0.25) is 0 Å². The lowest BCUT2D eigenvalue weighted by molar-refractivity contribution is -0.129. The summed E-state index contributed by atoms with van der Waals surface area (Å²) < 4.78 is 2.00. The van der Waals surface area contributed by atoms with Gasteiger partial charge in [0.25, 0.3) is 0 Å². The van der Waals surface area contributed by atoms with E-state index < -0.39 is 0 Å². The highest BCUT2D eigenvalue weighted by Gasteiger charge is 2.23. The molecule has 0 N–H and O–H groups in total. The molecule has 2 heterocycles. The molecule has 0 spiro atoms. The fraction of sp³-hybridized carbons (Fsp3) is 0.526. The predicted molar refractivity (Wildman–Crippen MR) is 101 cm³/mol. The van der Waals surface area contributed by atoms with Gasteiger partial charge in [0.05, 0.1) is 5.75 Å². The summed E-state index contributed by atoms with van der Waals surface area (Å²) in [5.74, 6) is 1.33. The third-order valence-corrected chi connectivity index (χ3v) is 5.70. The Morgan fingerprint density at radius 2 is 1.96 bits per heavy atom. The lowest BCUT2D eigenvalue weighted by atomic mass is 9.90. The van der Waals surface area contributed by atoms with Gasteiger partial charge in [-0.05, 0) is 44.6 Å². The van der Waals surface area contributed by atoms with Gasteiger partial charge in [-0.1, -0.05) is 42.1 Å². The Labute approximate surface area is 153 Å². The maximum Gasteiger partial charge on any atom is 0.233 e. The van der Waals surface area contributed by atoms with E-state index in [1.807, 2.05) is 9.47 Å². The Morgan fingerprint density at radius 1 is 1.24 bits per heavy atom. The average molecular weight is 359 g/mol. The molecule has 1 saturated heterocycles. The van der Waals surface area contributed by atoms with Gasteiger partial charge in [0.1, 0.15) is 6.33 Å². The van der Waals surface area contributed by atoms with Gasteiger partial charge in [0.2, 0.25) is 5.91 Å². The van der Waals surface area contributed by atoms with Crippen LogP contribution in [0.5, 0.6) is 0 Å². The zero-order valence-electron chi connectivity index (χ0n) is 15.0. The number of nitrogens with zero attached hydrogens (tertiary/aromatic N) is 4. The van der Waals surface area contributed by atoms with Crippen LogP contribution in [0.25, 0.3) is 0 Å². The first-order chi connectivity index (χ1) is 12.1. The minimum atomic E-state index is 0.210. The third kappa shape index (κ3) is 4.84. The summed E-state index contributed by atoms with van der Waals surface area (Å²) in [6.45, 7) is 5.92. The molecule has 0 atom stereocenters. The van der Waals surface area contributed by atoms with Crippen molar-refractivity contribution in [2.24, 2.45) is 5.92 Å². The summed E-state index contributed by atoms with van der Waals surface area (Å²) in [5, 5.41) is 8.89. The Hall–Kier alpha value is -1.82. The van der Waals surface area contributed by atoms with E-state index in [-0.39, 0.29) is 5.91 Å². The molecule has 3 rings (SSSR count). The number of benzene rings is 1. The summed E-state index contributed by atoms with van der Waals surface area (Å²) in [6.07, 6.45) is 5.03. The molecule has 0 radical (unpaired) electrons. The van der Waals surface area contributed by atoms with E-state index in [1.165, 1.54) is 17.3 Å². The highest BCUT2D eigenvalue weighted by Crippen LogP contribution is 2.24. The molecule has 0 aliphatic carbocycles. The lowest BCUT2D eigenvalue weighted by Crippen LogP contribution is -2.39. The second-order valence-electron chi connectivity index (χ2n) is 6.92. The molecule has 1 aromatic carbocycles. The normalized spacial score (nSPS) is 15.7. The standard InChI is InChI=1S/C19H26N4OS/c1-15(2)23-14-20-21-19(23)25-13-18(24)22-10-8-17(9-11-22)12-16-6-4-3-5-7-16/h3-7,14-15,17H,8-13H2,1-2H3. The van der Waals surface area contributed by atoms with Crippen molar-refractivity contribution < 1.29 is 4.79 Å². The predicted octanol–water partition coefficient (Wildman–Crippen LogP) is 3.43. The van der Waals surface area contributed by atoms with Gasteiger partial charge in [-0.15, -0.1) is 10.2 Å². The summed E-state index contributed by atoms with van der Waals surface area (Å²) >= 11 is 1.49. The van der Waals surface area contributed by atoms with Crippen LogP contribution in [0.1, 0.15) is 38.3 Å². The van der Waals surface area contributed by atoms with Crippen molar-refractivity contribution in [2.75, 3.05) is 18.8 Å². The van der Waals surface area contributed by atoms with Gasteiger partial charge in [-0.25, -0.2) is 0 Å². The van der Waals surface area contributed by atoms with E-state index >= 15 is 0 Å². The number of aromatic nitrogens is 3. The molecule has 5 nitrogen and oxygen atoms in total. The van der Waals surface area contributed by atoms with Gasteiger partial charge in [0, 0.05) is 19.1 Å². The third-order valence-electron chi connectivity index (χ3n) is 4.76. The second kappa shape index (κ2) is 8.52. The highest BCUT2D eigenvalue weighted by molar-refractivity contribution is 7.99. The summed E-state index contributed by atoms with van der Waals surface area (Å²) in [4.78, 5) is 14.5. The number of carbonyl (C=O) groups is 1. The maximum absolute atomic E-state index is 12.5. The van der Waals surface area contributed by atoms with Gasteiger partial charge < -0.3 is 9.47 Å². The van der Waals surface area contributed by atoms with Crippen LogP contribution in [0.4, 0.5) is 0 Å². The minimum absolute atomic E-state index is 0.210. The Kier molecular flexibility index (Phi) is 6.13. The fourth-order valence-corrected chi connectivity index (χ4v) is 4.19. The molecule has 0 saturated carbocycles. The molecule has 134 valence electrons. The summed E-state index contributed by atoms with van der Waals surface area (Å²) in [7, 11) is 0. The van der Waals surface area contributed by atoms with Crippen molar-refractivity contribution in [3.8, 4) is 0 Å². The maximum atomic E-state index is 12.5. The highest BCUT2D eigenvalue weighted by atomic mass is 32.2. The van der Waals surface area contributed by atoms with Crippen LogP contribution in [0, 0.1) is 5.92 Å². The van der Waals surface area contributed by atoms with Crippen LogP contribution in [-0.2, 0) is 11.2 Å². The Bertz CT molecular complexity index is 678. The van der Waals surface area contributed by atoms with E-state index in [2.05, 4.69) is 54.4 Å². The van der Waals surface area contributed by atoms with Gasteiger partial charge in [0.15, 0.2) is 5.16 Å². The number of thioether (sulfide) groups is 1. The monoisotopic (exact) mass is 358 g/mol. The second-order valence-corrected chi connectivity index (χ2v) is 7.86. The Morgan fingerprint density at radius 3 is 2.64 bits per heavy atom. The van der Waals surface area contributed by atoms with Crippen LogP contribution < -0.4 is 0 Å². The number of carbonyl (C=O) groups excluding carboxylic acids is 1. The number of likely N-dealkylation sites (tertiary alicyclic amines) is 1. The van der Waals surface area contributed by atoms with E-state index in [4.69, 9.17) is 0 Å². The molecule has 25 heavy (non-hydrogen) atoms. The van der Waals surface area contributed by atoms with Crippen molar-refractivity contribution in [3.63, 3.8) is 0 Å². The molecule has 0 bridgehead atoms. The molecular weight excluding hydrogens is 332 g/mol. The van der Waals surface area contributed by atoms with E-state index in [1.54, 1.807) is 6.33 Å². The zero-order valence-corrected chi connectivity index (χ0v) is 15.8. The van der Waals surface area contributed by atoms with Crippen molar-refractivity contribution in [2.45, 2.75) is 44.3 Å². The number of hydrogen-bond acceptors (Lipinski definition) is 4. The van der Waals surface area contributed by atoms with Gasteiger partial charge in [-0.3, -0.25) is 4.79 Å². The smallest absolute Gasteiger partial charge is 0.233 e. The molecule has 1 aromatic heterocycles. The van der Waals surface area contributed by atoms with Gasteiger partial charge >= 0.3 is 0 Å². The minimum Gasteiger partial charge on any atom is -0.342 e. The molecular formula is C19H26N4OS. The zero-order chi connectivity index (χ0) is 17.6. The number of amides is 1. The van der Waals surface area contributed by atoms with Crippen molar-refractivity contribution in [3.05, 3.63) is 42.2 Å². The van der Waals surface area contributed by atoms with Crippen molar-refractivity contribution in [1.82, 2.24) is 19.7 Å². The Balaban J connectivity index is 1.44. The van der Waals surface area contributed by atoms with Crippen LogP contribution in [0.3, 0.4) is 0 Å². The van der Waals surface area contributed by atoms with Crippen LogP contribution >= 0.6 is 11.8 Å². The summed E-state index contributed by atoms with van der Waals surface area (Å²) in [5.41, 5.74) is 1.40. The first-order valence-electron chi connectivity index (χ1n) is 8.97. The molecule has 1 fully saturated rings. The topological polar surface area (TPSA) is 51.0 Å². The largest absolute Gasteiger partial charge is 0.342 e. The number of hydrogen-bond donors (Lipinski definition) is 0. The lowest BCUT2D eigenvalue weighted by Gasteiger charge is -2.32. The number of piperidine rings is 1. The first kappa shape index (κ1) is 18.0. The quantitative estimate of drug-likeness (QED) is 0.743. The molecule has 6 heteroatoms. The van der Waals surface area contributed by atoms with E-state index in [0.717, 1.165) is 37.5 Å². The van der Waals surface area contributed by atoms with E-state index in [0.29, 0.717) is 17.7 Å². The summed E-state index contributed by atoms with van der Waals surface area (Å²) in [6, 6.07) is 10.9. The van der Waals surface area contributed by atoms with Crippen LogP contribution in [-0.4, -0.2) is 44.4 Å². The van der Waals surface area contributed by atoms with E-state index in [9.17, 15) is 4.79 Å². The average Bonchev–Trinajstić information content (AvgIpc) is 3.10. The SMILES string of the molecule is CC(C)n1cnnc1SCC(=O)N1CCC(Cc2ccccc2)CC1. The molecule has 1 aliphatic heterocycles. The first-order valence-corrected chi connectivity index (χ1v) is 9.96. The molecule has 1 amide bonds. The molecule has 2 aromatic rings. The van der Waals surface area contributed by atoms with Crippen molar-refractivity contribution in [1.29, 1.82) is 0 Å². The molecule has 1 aliphatic rings. The fourth-order valence-electron chi connectivity index (χ4n) is 3.24. The van der Waals surface area contributed by atoms with Crippen molar-refractivity contribution >= 4 is 17.7 Å². The number of rotatable bonds is 6. The molecule has 0 unspecified atom stereocenters.